The molecule has 19 heavy (non-hydrogen) atoms. The zero-order valence-electron chi connectivity index (χ0n) is 11.5. The Kier molecular flexibility index (Phi) is 3.95. The molecule has 0 heterocycles. The Bertz CT molecular complexity index is 451. The minimum atomic E-state index is 0.632. The third-order valence-corrected chi connectivity index (χ3v) is 5.02. The molecule has 102 valence electrons. The minimum absolute atomic E-state index is 0.632. The van der Waals surface area contributed by atoms with Crippen molar-refractivity contribution in [2.24, 2.45) is 17.8 Å². The lowest BCUT2D eigenvalue weighted by Crippen LogP contribution is -2.36. The Morgan fingerprint density at radius 1 is 1.21 bits per heavy atom. The van der Waals surface area contributed by atoms with Gasteiger partial charge in [-0.1, -0.05) is 35.9 Å². The molecule has 4 unspecified atom stereocenters. The molecule has 1 aromatic carbocycles. The van der Waals surface area contributed by atoms with E-state index >= 15 is 0 Å². The van der Waals surface area contributed by atoms with Crippen molar-refractivity contribution in [3.05, 3.63) is 47.0 Å². The molecular weight excluding hydrogens is 254 g/mol. The van der Waals surface area contributed by atoms with E-state index in [4.69, 9.17) is 11.6 Å². The Morgan fingerprint density at radius 3 is 2.63 bits per heavy atom. The number of rotatable bonds is 5. The van der Waals surface area contributed by atoms with Crippen LogP contribution in [-0.2, 0) is 6.42 Å². The summed E-state index contributed by atoms with van der Waals surface area (Å²) in [6.07, 6.45) is 8.72. The maximum Gasteiger partial charge on any atom is 0.0406 e. The molecule has 0 saturated heterocycles. The summed E-state index contributed by atoms with van der Waals surface area (Å²) in [5.74, 6) is 2.55. The van der Waals surface area contributed by atoms with Gasteiger partial charge in [-0.2, -0.15) is 0 Å². The highest BCUT2D eigenvalue weighted by atomic mass is 35.5. The number of halogens is 1. The van der Waals surface area contributed by atoms with E-state index in [-0.39, 0.29) is 0 Å². The van der Waals surface area contributed by atoms with Crippen LogP contribution < -0.4 is 5.32 Å². The Hall–Kier alpha value is -0.790. The van der Waals surface area contributed by atoms with Crippen LogP contribution in [-0.4, -0.2) is 12.6 Å². The molecule has 0 aliphatic heterocycles. The van der Waals surface area contributed by atoms with Gasteiger partial charge in [-0.3, -0.25) is 0 Å². The van der Waals surface area contributed by atoms with Crippen LogP contribution in [0.2, 0.25) is 5.02 Å². The molecule has 0 radical (unpaired) electrons. The van der Waals surface area contributed by atoms with Crippen LogP contribution in [0.25, 0.3) is 0 Å². The van der Waals surface area contributed by atoms with Crippen LogP contribution >= 0.6 is 11.6 Å². The lowest BCUT2D eigenvalue weighted by molar-refractivity contribution is 0.329. The first-order valence-corrected chi connectivity index (χ1v) is 7.76. The molecule has 2 aliphatic carbocycles. The second-order valence-corrected chi connectivity index (χ2v) is 6.50. The highest BCUT2D eigenvalue weighted by Crippen LogP contribution is 2.44. The number of fused-ring (bicyclic) bond motifs is 2. The summed E-state index contributed by atoms with van der Waals surface area (Å²) < 4.78 is 0. The first-order valence-electron chi connectivity index (χ1n) is 7.38. The van der Waals surface area contributed by atoms with Gasteiger partial charge >= 0.3 is 0 Å². The molecule has 2 bridgehead atoms. The average Bonchev–Trinajstić information content (AvgIpc) is 3.03. The predicted octanol–water partition coefficient (Wildman–Crippen LogP) is 4.07. The summed E-state index contributed by atoms with van der Waals surface area (Å²) in [4.78, 5) is 0. The van der Waals surface area contributed by atoms with E-state index in [2.05, 4.69) is 36.5 Å². The monoisotopic (exact) mass is 275 g/mol. The van der Waals surface area contributed by atoms with Crippen LogP contribution in [0, 0.1) is 17.8 Å². The van der Waals surface area contributed by atoms with E-state index in [0.29, 0.717) is 6.04 Å². The van der Waals surface area contributed by atoms with E-state index in [1.165, 1.54) is 18.4 Å². The molecule has 0 amide bonds. The maximum atomic E-state index is 5.90. The molecule has 1 fully saturated rings. The quantitative estimate of drug-likeness (QED) is 0.799. The molecule has 2 heteroatoms. The van der Waals surface area contributed by atoms with Crippen LogP contribution in [0.3, 0.4) is 0 Å². The molecule has 1 saturated carbocycles. The molecule has 0 spiro atoms. The minimum Gasteiger partial charge on any atom is -0.314 e. The molecule has 3 rings (SSSR count). The Morgan fingerprint density at radius 2 is 2.00 bits per heavy atom. The predicted molar refractivity (Wildman–Crippen MR) is 81.5 cm³/mol. The van der Waals surface area contributed by atoms with E-state index in [9.17, 15) is 0 Å². The third kappa shape index (κ3) is 3.04. The van der Waals surface area contributed by atoms with Gasteiger partial charge in [-0.05, 0) is 68.2 Å². The molecule has 1 nitrogen and oxygen atoms in total. The normalized spacial score (nSPS) is 29.9. The highest BCUT2D eigenvalue weighted by molar-refractivity contribution is 6.30. The number of allylic oxidation sites excluding steroid dienone is 2. The Balaban J connectivity index is 1.45. The third-order valence-electron chi connectivity index (χ3n) is 4.77. The zero-order valence-corrected chi connectivity index (χ0v) is 12.2. The summed E-state index contributed by atoms with van der Waals surface area (Å²) in [7, 11) is 0. The zero-order chi connectivity index (χ0) is 13.2. The molecule has 1 aromatic rings. The molecular formula is C17H22ClN. The summed E-state index contributed by atoms with van der Waals surface area (Å²) >= 11 is 5.90. The van der Waals surface area contributed by atoms with E-state index in [1.54, 1.807) is 0 Å². The van der Waals surface area contributed by atoms with Gasteiger partial charge in [0.1, 0.15) is 0 Å². The van der Waals surface area contributed by atoms with Crippen molar-refractivity contribution in [1.82, 2.24) is 5.32 Å². The number of hydrogen-bond acceptors (Lipinski definition) is 1. The van der Waals surface area contributed by atoms with Crippen molar-refractivity contribution in [1.29, 1.82) is 0 Å². The van der Waals surface area contributed by atoms with E-state index < -0.39 is 0 Å². The first-order chi connectivity index (χ1) is 9.22. The van der Waals surface area contributed by atoms with Gasteiger partial charge in [-0.15, -0.1) is 0 Å². The van der Waals surface area contributed by atoms with Crippen molar-refractivity contribution in [3.63, 3.8) is 0 Å². The topological polar surface area (TPSA) is 12.0 Å². The summed E-state index contributed by atoms with van der Waals surface area (Å²) in [6.45, 7) is 3.40. The van der Waals surface area contributed by atoms with Gasteiger partial charge in [-0.25, -0.2) is 0 Å². The van der Waals surface area contributed by atoms with Crippen LogP contribution in [0.5, 0.6) is 0 Å². The average molecular weight is 276 g/mol. The van der Waals surface area contributed by atoms with Crippen molar-refractivity contribution in [2.45, 2.75) is 32.2 Å². The second kappa shape index (κ2) is 5.68. The fraction of sp³-hybridized carbons (Fsp3) is 0.529. The van der Waals surface area contributed by atoms with Crippen molar-refractivity contribution in [2.75, 3.05) is 6.54 Å². The van der Waals surface area contributed by atoms with Gasteiger partial charge < -0.3 is 5.32 Å². The molecule has 1 N–H and O–H groups in total. The van der Waals surface area contributed by atoms with E-state index in [0.717, 1.165) is 35.7 Å². The van der Waals surface area contributed by atoms with Crippen molar-refractivity contribution >= 4 is 11.6 Å². The standard InChI is InChI=1S/C17H22ClN/c1-12(17-11-14-2-5-15(17)10-14)19-9-8-13-3-6-16(18)7-4-13/h2-7,12,14-15,17,19H,8-11H2,1H3. The second-order valence-electron chi connectivity index (χ2n) is 6.06. The summed E-state index contributed by atoms with van der Waals surface area (Å²) in [5.41, 5.74) is 1.36. The van der Waals surface area contributed by atoms with Gasteiger partial charge in [0.05, 0.1) is 0 Å². The molecule has 4 atom stereocenters. The lowest BCUT2D eigenvalue weighted by Gasteiger charge is -2.26. The maximum absolute atomic E-state index is 5.90. The number of hydrogen-bond donors (Lipinski definition) is 1. The largest absolute Gasteiger partial charge is 0.314 e. The van der Waals surface area contributed by atoms with Gasteiger partial charge in [0.25, 0.3) is 0 Å². The molecule has 0 aromatic heterocycles. The number of benzene rings is 1. The van der Waals surface area contributed by atoms with Crippen LogP contribution in [0.15, 0.2) is 36.4 Å². The summed E-state index contributed by atoms with van der Waals surface area (Å²) in [5, 5.41) is 4.52. The lowest BCUT2D eigenvalue weighted by atomic mass is 9.87. The SMILES string of the molecule is CC(NCCc1ccc(Cl)cc1)C1CC2C=CC1C2. The van der Waals surface area contributed by atoms with Crippen LogP contribution in [0.1, 0.15) is 25.3 Å². The first kappa shape index (κ1) is 13.2. The van der Waals surface area contributed by atoms with Gasteiger partial charge in [0.15, 0.2) is 0 Å². The van der Waals surface area contributed by atoms with Crippen molar-refractivity contribution < 1.29 is 0 Å². The van der Waals surface area contributed by atoms with Gasteiger partial charge in [0.2, 0.25) is 0 Å². The smallest absolute Gasteiger partial charge is 0.0406 e. The van der Waals surface area contributed by atoms with Crippen molar-refractivity contribution in [3.8, 4) is 0 Å². The molecule has 2 aliphatic rings. The number of nitrogens with one attached hydrogen (secondary N) is 1. The highest BCUT2D eigenvalue weighted by Gasteiger charge is 2.38. The Labute approximate surface area is 121 Å². The van der Waals surface area contributed by atoms with Gasteiger partial charge in [0, 0.05) is 11.1 Å². The van der Waals surface area contributed by atoms with Crippen LogP contribution in [0.4, 0.5) is 0 Å². The van der Waals surface area contributed by atoms with E-state index in [1.807, 2.05) is 12.1 Å². The summed E-state index contributed by atoms with van der Waals surface area (Å²) in [6, 6.07) is 8.82. The fourth-order valence-electron chi connectivity index (χ4n) is 3.64. The fourth-order valence-corrected chi connectivity index (χ4v) is 3.77.